The molecule has 5 aliphatic rings. The maximum absolute atomic E-state index is 17.4. The second kappa shape index (κ2) is 7.82. The molecule has 9 atom stereocenters. The first-order valence-electron chi connectivity index (χ1n) is 12.5. The summed E-state index contributed by atoms with van der Waals surface area (Å²) in [7, 11) is 0. The lowest BCUT2D eigenvalue weighted by atomic mass is 9.44. The van der Waals surface area contributed by atoms with Crippen molar-refractivity contribution in [1.82, 2.24) is 5.06 Å². The Morgan fingerprint density at radius 3 is 2.78 bits per heavy atom. The van der Waals surface area contributed by atoms with Crippen LogP contribution in [0.25, 0.3) is 0 Å². The highest BCUT2D eigenvalue weighted by atomic mass is 35.5. The molecule has 9 heteroatoms. The van der Waals surface area contributed by atoms with Gasteiger partial charge in [0.05, 0.1) is 31.1 Å². The van der Waals surface area contributed by atoms with E-state index in [4.69, 9.17) is 20.9 Å². The lowest BCUT2D eigenvalue weighted by Gasteiger charge is -2.63. The normalized spacial score (nSPS) is 47.7. The number of hydrogen-bond acceptors (Lipinski definition) is 6. The van der Waals surface area contributed by atoms with Crippen LogP contribution in [0.2, 0.25) is 0 Å². The third-order valence-corrected chi connectivity index (χ3v) is 10.4. The Labute approximate surface area is 213 Å². The molecule has 1 aromatic heterocycles. The fraction of sp³-hybridized carbons (Fsp3) is 0.630. The highest BCUT2D eigenvalue weighted by molar-refractivity contribution is 6.29. The van der Waals surface area contributed by atoms with E-state index in [2.05, 4.69) is 0 Å². The van der Waals surface area contributed by atoms with Crippen molar-refractivity contribution in [3.05, 3.63) is 48.0 Å². The third-order valence-electron chi connectivity index (χ3n) is 10.2. The van der Waals surface area contributed by atoms with Crippen LogP contribution in [0.1, 0.15) is 38.7 Å². The van der Waals surface area contributed by atoms with Gasteiger partial charge in [0.15, 0.2) is 22.8 Å². The van der Waals surface area contributed by atoms with Crippen LogP contribution in [0.4, 0.5) is 8.78 Å². The predicted octanol–water partition coefficient (Wildman–Crippen LogP) is 4.12. The SMILES string of the molecule is C[C@]12C=CC(=O)C=C1[C@@H](F)C[C@H]1[C@@H]3C[C@H]4CN(Cc5ccoc5)O[C@@]4(C(=O)CCl)[C@@]3(C)C[C@H](O)[C@@]12F. The summed E-state index contributed by atoms with van der Waals surface area (Å²) < 4.78 is 38.2. The van der Waals surface area contributed by atoms with Gasteiger partial charge in [-0.25, -0.2) is 8.78 Å². The van der Waals surface area contributed by atoms with Crippen LogP contribution in [0, 0.1) is 28.6 Å². The Morgan fingerprint density at radius 2 is 2.08 bits per heavy atom. The first-order valence-corrected chi connectivity index (χ1v) is 13.1. The molecular weight excluding hydrogens is 492 g/mol. The van der Waals surface area contributed by atoms with Crippen molar-refractivity contribution < 1.29 is 32.7 Å². The third kappa shape index (κ3) is 2.82. The van der Waals surface area contributed by atoms with Crippen molar-refractivity contribution in [2.75, 3.05) is 12.4 Å². The summed E-state index contributed by atoms with van der Waals surface area (Å²) >= 11 is 6.12. The summed E-state index contributed by atoms with van der Waals surface area (Å²) in [4.78, 5) is 32.0. The molecule has 36 heavy (non-hydrogen) atoms. The van der Waals surface area contributed by atoms with Gasteiger partial charge < -0.3 is 9.52 Å². The van der Waals surface area contributed by atoms with Crippen LogP contribution < -0.4 is 0 Å². The maximum Gasteiger partial charge on any atom is 0.182 e. The Hall–Kier alpha value is -1.87. The van der Waals surface area contributed by atoms with Gasteiger partial charge in [0, 0.05) is 34.8 Å². The lowest BCUT2D eigenvalue weighted by molar-refractivity contribution is -0.268. The largest absolute Gasteiger partial charge is 0.472 e. The molecule has 1 saturated heterocycles. The molecule has 194 valence electrons. The van der Waals surface area contributed by atoms with Gasteiger partial charge in [0.2, 0.25) is 0 Å². The highest BCUT2D eigenvalue weighted by Crippen LogP contribution is 2.72. The summed E-state index contributed by atoms with van der Waals surface area (Å²) in [6.07, 6.45) is 4.28. The van der Waals surface area contributed by atoms with Crippen molar-refractivity contribution in [3.8, 4) is 0 Å². The van der Waals surface area contributed by atoms with Gasteiger partial charge in [0.1, 0.15) is 6.17 Å². The van der Waals surface area contributed by atoms with Gasteiger partial charge in [-0.3, -0.25) is 14.4 Å². The van der Waals surface area contributed by atoms with E-state index in [0.29, 0.717) is 19.5 Å². The average Bonchev–Trinajstić information content (AvgIpc) is 3.53. The molecule has 6 nitrogen and oxygen atoms in total. The smallest absolute Gasteiger partial charge is 0.182 e. The van der Waals surface area contributed by atoms with Crippen molar-refractivity contribution in [2.24, 2.45) is 28.6 Å². The van der Waals surface area contributed by atoms with E-state index in [1.165, 1.54) is 18.2 Å². The Kier molecular flexibility index (Phi) is 5.31. The molecule has 2 heterocycles. The topological polar surface area (TPSA) is 80.0 Å². The second-order valence-electron chi connectivity index (χ2n) is 11.6. The van der Waals surface area contributed by atoms with Crippen LogP contribution in [-0.4, -0.2) is 57.7 Å². The Balaban J connectivity index is 1.42. The fourth-order valence-electron chi connectivity index (χ4n) is 8.60. The second-order valence-corrected chi connectivity index (χ2v) is 11.9. The van der Waals surface area contributed by atoms with E-state index < -0.39 is 46.2 Å². The van der Waals surface area contributed by atoms with E-state index in [9.17, 15) is 14.7 Å². The van der Waals surface area contributed by atoms with Crippen LogP contribution in [0.15, 0.2) is 46.8 Å². The Morgan fingerprint density at radius 1 is 1.31 bits per heavy atom. The first kappa shape index (κ1) is 24.5. The molecule has 0 bridgehead atoms. The summed E-state index contributed by atoms with van der Waals surface area (Å²) in [5.41, 5.74) is -4.98. The van der Waals surface area contributed by atoms with Crippen LogP contribution >= 0.6 is 11.6 Å². The number of rotatable bonds is 4. The minimum absolute atomic E-state index is 0.0368. The molecule has 0 amide bonds. The number of aliphatic hydroxyl groups excluding tert-OH is 1. The zero-order valence-electron chi connectivity index (χ0n) is 20.3. The number of alkyl halides is 3. The minimum Gasteiger partial charge on any atom is -0.472 e. The molecule has 3 saturated carbocycles. The highest BCUT2D eigenvalue weighted by Gasteiger charge is 2.79. The fourth-order valence-corrected chi connectivity index (χ4v) is 8.80. The minimum atomic E-state index is -2.19. The predicted molar refractivity (Wildman–Crippen MR) is 126 cm³/mol. The molecule has 4 fully saturated rings. The van der Waals surface area contributed by atoms with Crippen LogP contribution in [0.5, 0.6) is 0 Å². The first-order chi connectivity index (χ1) is 17.0. The molecule has 0 aromatic carbocycles. The van der Waals surface area contributed by atoms with Gasteiger partial charge in [-0.05, 0) is 55.9 Å². The average molecular weight is 522 g/mol. The Bertz CT molecular complexity index is 1170. The summed E-state index contributed by atoms with van der Waals surface area (Å²) in [5.74, 6) is -2.52. The van der Waals surface area contributed by atoms with E-state index in [-0.39, 0.29) is 41.8 Å². The maximum atomic E-state index is 17.4. The zero-order valence-corrected chi connectivity index (χ0v) is 21.0. The number of hydrogen-bond donors (Lipinski definition) is 1. The van der Waals surface area contributed by atoms with Gasteiger partial charge in [-0.2, -0.15) is 5.06 Å². The standard InChI is InChI=1S/C27H30ClF2NO5/c1-24-5-3-17(32)8-20(24)21(29)9-19-18-7-16-13-31(12-15-4-6-35-14-15)36-27(16,23(34)11-28)25(18,2)10-22(33)26(19,24)30/h3-6,8,14,16,18-19,21-22,33H,7,9-13H2,1-2H3/t16-,18-,19-,21-,22-,24-,25-,26-,27-/m0/s1. The van der Waals surface area contributed by atoms with Gasteiger partial charge in [-0.1, -0.05) is 13.0 Å². The molecule has 0 unspecified atom stereocenters. The molecule has 0 radical (unpaired) electrons. The van der Waals surface area contributed by atoms with Crippen molar-refractivity contribution >= 4 is 23.2 Å². The molecule has 1 aromatic rings. The van der Waals surface area contributed by atoms with E-state index in [1.807, 2.05) is 13.0 Å². The quantitative estimate of drug-likeness (QED) is 0.600. The number of Topliss-reactive ketones (excluding diaryl/α,β-unsaturated/α-hetero) is 1. The number of halogens is 3. The van der Waals surface area contributed by atoms with E-state index in [1.54, 1.807) is 24.5 Å². The number of allylic oxidation sites excluding steroid dienone is 4. The number of ketones is 2. The number of furan rings is 1. The number of fused-ring (bicyclic) bond motifs is 7. The molecule has 4 aliphatic carbocycles. The molecule has 6 rings (SSSR count). The van der Waals surface area contributed by atoms with Crippen LogP contribution in [0.3, 0.4) is 0 Å². The van der Waals surface area contributed by atoms with Crippen molar-refractivity contribution in [1.29, 1.82) is 0 Å². The monoisotopic (exact) mass is 521 g/mol. The zero-order chi connectivity index (χ0) is 25.7. The number of carbonyl (C=O) groups is 2. The molecule has 1 N–H and O–H groups in total. The van der Waals surface area contributed by atoms with Crippen molar-refractivity contribution in [2.45, 2.75) is 63.2 Å². The van der Waals surface area contributed by atoms with Crippen molar-refractivity contribution in [3.63, 3.8) is 0 Å². The number of aliphatic hydroxyl groups is 1. The number of carbonyl (C=O) groups excluding carboxylic acids is 2. The summed E-state index contributed by atoms with van der Waals surface area (Å²) in [6, 6.07) is 1.82. The molecular formula is C27H30ClF2NO5. The molecule has 0 spiro atoms. The van der Waals surface area contributed by atoms with Gasteiger partial charge >= 0.3 is 0 Å². The van der Waals surface area contributed by atoms with Gasteiger partial charge in [-0.15, -0.1) is 11.6 Å². The van der Waals surface area contributed by atoms with Gasteiger partial charge in [0.25, 0.3) is 0 Å². The van der Waals surface area contributed by atoms with E-state index >= 15 is 8.78 Å². The lowest BCUT2D eigenvalue weighted by Crippen LogP contribution is -2.70. The summed E-state index contributed by atoms with van der Waals surface area (Å²) in [5, 5.41) is 13.2. The van der Waals surface area contributed by atoms with E-state index in [0.717, 1.165) is 5.56 Å². The number of nitrogens with zero attached hydrogens (tertiary/aromatic N) is 1. The molecule has 1 aliphatic heterocycles. The summed E-state index contributed by atoms with van der Waals surface area (Å²) in [6.45, 7) is 4.28. The number of hydroxylamine groups is 2. The van der Waals surface area contributed by atoms with Crippen LogP contribution in [-0.2, 0) is 21.0 Å².